The first-order valence-corrected chi connectivity index (χ1v) is 6.52. The summed E-state index contributed by atoms with van der Waals surface area (Å²) in [7, 11) is 0. The molecule has 0 radical (unpaired) electrons. The van der Waals surface area contributed by atoms with Crippen LogP contribution >= 0.6 is 0 Å². The van der Waals surface area contributed by atoms with E-state index in [9.17, 15) is 5.11 Å². The number of benzene rings is 2. The minimum Gasteiger partial charge on any atom is -0.392 e. The van der Waals surface area contributed by atoms with Gasteiger partial charge in [-0.05, 0) is 29.2 Å². The van der Waals surface area contributed by atoms with Gasteiger partial charge in [0.15, 0.2) is 0 Å². The van der Waals surface area contributed by atoms with Gasteiger partial charge in [0, 0.05) is 5.92 Å². The van der Waals surface area contributed by atoms with Crippen LogP contribution in [-0.2, 0) is 0 Å². The summed E-state index contributed by atoms with van der Waals surface area (Å²) in [5.41, 5.74) is 1.33. The number of hydrogen-bond acceptors (Lipinski definition) is 1. The minimum absolute atomic E-state index is 0.158. The van der Waals surface area contributed by atoms with E-state index in [-0.39, 0.29) is 6.10 Å². The standard InChI is InChI=1S/C16H18O/c17-16-11-4-3-9-15(16)14-10-5-7-12-6-1-2-8-13(12)14/h1-2,5-8,10,15-17H,3-4,9,11H2/t15-,16+/m1/s1. The van der Waals surface area contributed by atoms with Crippen molar-refractivity contribution in [1.82, 2.24) is 0 Å². The molecule has 1 nitrogen and oxygen atoms in total. The third-order valence-corrected chi connectivity index (χ3v) is 3.95. The van der Waals surface area contributed by atoms with Crippen LogP contribution in [0.1, 0.15) is 37.2 Å². The van der Waals surface area contributed by atoms with Crippen molar-refractivity contribution in [3.63, 3.8) is 0 Å². The quantitative estimate of drug-likeness (QED) is 0.783. The average molecular weight is 226 g/mol. The van der Waals surface area contributed by atoms with Gasteiger partial charge >= 0.3 is 0 Å². The molecule has 1 N–H and O–H groups in total. The lowest BCUT2D eigenvalue weighted by Gasteiger charge is -2.28. The summed E-state index contributed by atoms with van der Waals surface area (Å²) in [6.07, 6.45) is 4.32. The molecule has 0 saturated heterocycles. The first-order chi connectivity index (χ1) is 8.36. The molecule has 2 aromatic carbocycles. The van der Waals surface area contributed by atoms with Crippen LogP contribution in [0.2, 0.25) is 0 Å². The number of rotatable bonds is 1. The van der Waals surface area contributed by atoms with E-state index in [1.807, 2.05) is 0 Å². The molecule has 2 aromatic rings. The summed E-state index contributed by atoms with van der Waals surface area (Å²) < 4.78 is 0. The van der Waals surface area contributed by atoms with Crippen LogP contribution < -0.4 is 0 Å². The van der Waals surface area contributed by atoms with Gasteiger partial charge in [0.25, 0.3) is 0 Å². The van der Waals surface area contributed by atoms with Crippen molar-refractivity contribution in [3.05, 3.63) is 48.0 Å². The van der Waals surface area contributed by atoms with E-state index < -0.39 is 0 Å². The molecule has 1 saturated carbocycles. The van der Waals surface area contributed by atoms with Crippen molar-refractivity contribution in [1.29, 1.82) is 0 Å². The van der Waals surface area contributed by atoms with Gasteiger partial charge in [0.1, 0.15) is 0 Å². The Morgan fingerprint density at radius 1 is 0.882 bits per heavy atom. The molecule has 0 heterocycles. The van der Waals surface area contributed by atoms with Crippen LogP contribution in [-0.4, -0.2) is 11.2 Å². The van der Waals surface area contributed by atoms with Gasteiger partial charge in [-0.3, -0.25) is 0 Å². The number of aliphatic hydroxyl groups excluding tert-OH is 1. The van der Waals surface area contributed by atoms with Crippen molar-refractivity contribution in [3.8, 4) is 0 Å². The number of fused-ring (bicyclic) bond motifs is 1. The fourth-order valence-corrected chi connectivity index (χ4v) is 3.05. The summed E-state index contributed by atoms with van der Waals surface area (Å²) in [6.45, 7) is 0. The maximum atomic E-state index is 10.2. The molecule has 1 aliphatic rings. The zero-order valence-corrected chi connectivity index (χ0v) is 9.97. The van der Waals surface area contributed by atoms with Gasteiger partial charge in [-0.15, -0.1) is 0 Å². The van der Waals surface area contributed by atoms with Gasteiger partial charge in [-0.1, -0.05) is 55.3 Å². The Hall–Kier alpha value is -1.34. The van der Waals surface area contributed by atoms with Crippen molar-refractivity contribution in [2.24, 2.45) is 0 Å². The van der Waals surface area contributed by atoms with Crippen molar-refractivity contribution >= 4 is 10.8 Å². The summed E-state index contributed by atoms with van der Waals surface area (Å²) in [5, 5.41) is 12.8. The average Bonchev–Trinajstić information content (AvgIpc) is 2.39. The van der Waals surface area contributed by atoms with E-state index in [2.05, 4.69) is 42.5 Å². The molecule has 0 amide bonds. The predicted molar refractivity (Wildman–Crippen MR) is 71.2 cm³/mol. The van der Waals surface area contributed by atoms with Crippen LogP contribution in [0.5, 0.6) is 0 Å². The third-order valence-electron chi connectivity index (χ3n) is 3.95. The first kappa shape index (κ1) is 10.8. The van der Waals surface area contributed by atoms with E-state index in [1.54, 1.807) is 0 Å². The normalized spacial score (nSPS) is 25.0. The Bertz CT molecular complexity index is 512. The summed E-state index contributed by atoms with van der Waals surface area (Å²) in [5.74, 6) is 0.329. The maximum absolute atomic E-state index is 10.2. The highest BCUT2D eigenvalue weighted by Crippen LogP contribution is 2.36. The maximum Gasteiger partial charge on any atom is 0.0608 e. The Balaban J connectivity index is 2.10. The third kappa shape index (κ3) is 1.96. The highest BCUT2D eigenvalue weighted by atomic mass is 16.3. The van der Waals surface area contributed by atoms with Gasteiger partial charge in [0.05, 0.1) is 6.10 Å². The van der Waals surface area contributed by atoms with Crippen LogP contribution in [0.4, 0.5) is 0 Å². The largest absolute Gasteiger partial charge is 0.392 e. The molecular weight excluding hydrogens is 208 g/mol. The molecule has 0 spiro atoms. The molecule has 17 heavy (non-hydrogen) atoms. The molecule has 1 heteroatoms. The van der Waals surface area contributed by atoms with Crippen molar-refractivity contribution in [2.45, 2.75) is 37.7 Å². The van der Waals surface area contributed by atoms with Crippen molar-refractivity contribution < 1.29 is 5.11 Å². The summed E-state index contributed by atoms with van der Waals surface area (Å²) in [6, 6.07) is 14.9. The highest BCUT2D eigenvalue weighted by molar-refractivity contribution is 5.86. The van der Waals surface area contributed by atoms with Gasteiger partial charge in [0.2, 0.25) is 0 Å². The van der Waals surface area contributed by atoms with Crippen LogP contribution in [0.15, 0.2) is 42.5 Å². The molecular formula is C16H18O. The van der Waals surface area contributed by atoms with Crippen LogP contribution in [0.3, 0.4) is 0 Å². The molecule has 3 rings (SSSR count). The molecule has 0 bridgehead atoms. The first-order valence-electron chi connectivity index (χ1n) is 6.52. The Morgan fingerprint density at radius 2 is 1.65 bits per heavy atom. The van der Waals surface area contributed by atoms with Crippen molar-refractivity contribution in [2.75, 3.05) is 0 Å². The summed E-state index contributed by atoms with van der Waals surface area (Å²) >= 11 is 0. The van der Waals surface area contributed by atoms with E-state index in [4.69, 9.17) is 0 Å². The van der Waals surface area contributed by atoms with Gasteiger partial charge in [-0.2, -0.15) is 0 Å². The van der Waals surface area contributed by atoms with Gasteiger partial charge in [-0.25, -0.2) is 0 Å². The topological polar surface area (TPSA) is 20.2 Å². The molecule has 2 atom stereocenters. The van der Waals surface area contributed by atoms with Crippen LogP contribution in [0, 0.1) is 0 Å². The Morgan fingerprint density at radius 3 is 2.53 bits per heavy atom. The number of hydrogen-bond donors (Lipinski definition) is 1. The monoisotopic (exact) mass is 226 g/mol. The van der Waals surface area contributed by atoms with E-state index in [1.165, 1.54) is 29.2 Å². The lowest BCUT2D eigenvalue weighted by atomic mass is 9.80. The number of aliphatic hydroxyl groups is 1. The van der Waals surface area contributed by atoms with E-state index >= 15 is 0 Å². The second-order valence-electron chi connectivity index (χ2n) is 5.03. The minimum atomic E-state index is -0.158. The second-order valence-corrected chi connectivity index (χ2v) is 5.03. The molecule has 0 aliphatic heterocycles. The lowest BCUT2D eigenvalue weighted by molar-refractivity contribution is 0.107. The van der Waals surface area contributed by atoms with Crippen LogP contribution in [0.25, 0.3) is 10.8 Å². The Labute approximate surface area is 102 Å². The second kappa shape index (κ2) is 4.50. The molecule has 1 aliphatic carbocycles. The lowest BCUT2D eigenvalue weighted by Crippen LogP contribution is -2.22. The summed E-state index contributed by atoms with van der Waals surface area (Å²) in [4.78, 5) is 0. The molecule has 0 unspecified atom stereocenters. The zero-order valence-electron chi connectivity index (χ0n) is 9.97. The molecule has 88 valence electrons. The molecule has 1 fully saturated rings. The van der Waals surface area contributed by atoms with Gasteiger partial charge < -0.3 is 5.11 Å². The predicted octanol–water partition coefficient (Wildman–Crippen LogP) is 3.86. The Kier molecular flexibility index (Phi) is 2.86. The molecule has 0 aromatic heterocycles. The fourth-order valence-electron chi connectivity index (χ4n) is 3.05. The SMILES string of the molecule is O[C@H]1CCCC[C@@H]1c1cccc2ccccc12. The smallest absolute Gasteiger partial charge is 0.0608 e. The highest BCUT2D eigenvalue weighted by Gasteiger charge is 2.25. The van der Waals surface area contributed by atoms with E-state index in [0.717, 1.165) is 12.8 Å². The van der Waals surface area contributed by atoms with E-state index in [0.29, 0.717) is 5.92 Å². The fraction of sp³-hybridized carbons (Fsp3) is 0.375. The zero-order chi connectivity index (χ0) is 11.7.